The Labute approximate surface area is 148 Å². The van der Waals surface area contributed by atoms with E-state index in [0.29, 0.717) is 0 Å². The van der Waals surface area contributed by atoms with Crippen LogP contribution in [0.1, 0.15) is 34.3 Å². The number of nitrogens with one attached hydrogen (secondary N) is 2. The maximum Gasteiger partial charge on any atom is 0.251 e. The van der Waals surface area contributed by atoms with Gasteiger partial charge in [-0.05, 0) is 31.2 Å². The zero-order chi connectivity index (χ0) is 16.9. The Morgan fingerprint density at radius 1 is 1.08 bits per heavy atom. The number of halogens is 1. The second kappa shape index (κ2) is 7.82. The molecule has 0 atom stereocenters. The quantitative estimate of drug-likeness (QED) is 0.879. The summed E-state index contributed by atoms with van der Waals surface area (Å²) in [4.78, 5) is 13.9. The van der Waals surface area contributed by atoms with Crippen molar-refractivity contribution in [3.63, 3.8) is 0 Å². The molecule has 0 aliphatic carbocycles. The number of carbonyl (C=O) groups excluding carboxylic acids is 1. The summed E-state index contributed by atoms with van der Waals surface area (Å²) in [6, 6.07) is 16.1. The molecule has 24 heavy (non-hydrogen) atoms. The second-order valence-corrected chi connectivity index (χ2v) is 7.10. The molecule has 0 saturated carbocycles. The second-order valence-electron chi connectivity index (χ2n) is 6.67. The van der Waals surface area contributed by atoms with Crippen LogP contribution in [0.3, 0.4) is 0 Å². The van der Waals surface area contributed by atoms with Gasteiger partial charge in [-0.15, -0.1) is 0 Å². The van der Waals surface area contributed by atoms with E-state index in [-0.39, 0.29) is 11.9 Å². The minimum absolute atomic E-state index is 0.0427. The highest BCUT2D eigenvalue weighted by Gasteiger charge is 2.23. The Kier molecular flexibility index (Phi) is 5.54. The van der Waals surface area contributed by atoms with Gasteiger partial charge in [0.2, 0.25) is 0 Å². The number of likely N-dealkylation sites (tertiary alicyclic amines) is 1. The average Bonchev–Trinajstić information content (AvgIpc) is 2.59. The van der Waals surface area contributed by atoms with Crippen molar-refractivity contribution in [3.05, 3.63) is 70.2 Å². The Bertz CT molecular complexity index is 674. The average molecular weight is 344 g/mol. The minimum atomic E-state index is 0.0427. The summed E-state index contributed by atoms with van der Waals surface area (Å²) >= 11 is 5.93. The van der Waals surface area contributed by atoms with Gasteiger partial charge in [0.15, 0.2) is 0 Å². The first-order valence-corrected chi connectivity index (χ1v) is 8.93. The van der Waals surface area contributed by atoms with Crippen LogP contribution in [0.4, 0.5) is 0 Å². The van der Waals surface area contributed by atoms with Gasteiger partial charge in [-0.25, -0.2) is 0 Å². The van der Waals surface area contributed by atoms with E-state index in [0.717, 1.165) is 43.1 Å². The standard InChI is InChI=1S/C20H23ClN2O/c1-15-2-6-17(7-3-15)20(24)22-19-10-12-23(13-11-19)14-16-4-8-18(21)9-5-16/h2-9,19H,10-14H2,1H3,(H,22,24)/p+1. The molecule has 3 rings (SSSR count). The number of piperidine rings is 1. The molecule has 2 N–H and O–H groups in total. The number of hydrogen-bond donors (Lipinski definition) is 2. The molecule has 1 saturated heterocycles. The van der Waals surface area contributed by atoms with E-state index < -0.39 is 0 Å². The maximum absolute atomic E-state index is 12.3. The summed E-state index contributed by atoms with van der Waals surface area (Å²) in [7, 11) is 0. The van der Waals surface area contributed by atoms with Crippen LogP contribution in [0, 0.1) is 6.92 Å². The van der Waals surface area contributed by atoms with Gasteiger partial charge in [0.05, 0.1) is 13.1 Å². The molecule has 0 aromatic heterocycles. The van der Waals surface area contributed by atoms with Crippen molar-refractivity contribution in [3.8, 4) is 0 Å². The molecule has 2 aromatic carbocycles. The number of aryl methyl sites for hydroxylation is 1. The molecule has 0 spiro atoms. The highest BCUT2D eigenvalue weighted by Crippen LogP contribution is 2.09. The lowest BCUT2D eigenvalue weighted by atomic mass is 10.0. The summed E-state index contributed by atoms with van der Waals surface area (Å²) < 4.78 is 0. The van der Waals surface area contributed by atoms with Crippen molar-refractivity contribution in [2.45, 2.75) is 32.4 Å². The number of benzene rings is 2. The summed E-state index contributed by atoms with van der Waals surface area (Å²) in [6.07, 6.45) is 2.06. The van der Waals surface area contributed by atoms with Gasteiger partial charge < -0.3 is 10.2 Å². The Morgan fingerprint density at radius 2 is 1.71 bits per heavy atom. The highest BCUT2D eigenvalue weighted by molar-refractivity contribution is 6.30. The normalized spacial score (nSPS) is 20.6. The molecular weight excluding hydrogens is 320 g/mol. The summed E-state index contributed by atoms with van der Waals surface area (Å²) in [5.41, 5.74) is 3.23. The topological polar surface area (TPSA) is 33.5 Å². The molecule has 1 fully saturated rings. The largest absolute Gasteiger partial charge is 0.349 e. The van der Waals surface area contributed by atoms with E-state index in [4.69, 9.17) is 11.6 Å². The molecule has 1 heterocycles. The van der Waals surface area contributed by atoms with E-state index in [1.165, 1.54) is 11.1 Å². The molecule has 4 heteroatoms. The van der Waals surface area contributed by atoms with E-state index in [2.05, 4.69) is 17.4 Å². The van der Waals surface area contributed by atoms with Crippen LogP contribution in [0.5, 0.6) is 0 Å². The van der Waals surface area contributed by atoms with Gasteiger partial charge in [0, 0.05) is 35.0 Å². The maximum atomic E-state index is 12.3. The third-order valence-corrected chi connectivity index (χ3v) is 4.96. The van der Waals surface area contributed by atoms with Gasteiger partial charge in [0.1, 0.15) is 6.54 Å². The fourth-order valence-corrected chi connectivity index (χ4v) is 3.34. The Morgan fingerprint density at radius 3 is 2.33 bits per heavy atom. The van der Waals surface area contributed by atoms with Gasteiger partial charge in [-0.3, -0.25) is 4.79 Å². The SMILES string of the molecule is Cc1ccc(C(=O)NC2CC[NH+](Cc3ccc(Cl)cc3)CC2)cc1. The third kappa shape index (κ3) is 4.59. The van der Waals surface area contributed by atoms with Crippen LogP contribution in [0.15, 0.2) is 48.5 Å². The van der Waals surface area contributed by atoms with Crippen molar-refractivity contribution in [1.82, 2.24) is 5.32 Å². The molecule has 126 valence electrons. The number of amides is 1. The number of rotatable bonds is 4. The number of carbonyl (C=O) groups is 1. The smallest absolute Gasteiger partial charge is 0.251 e. The van der Waals surface area contributed by atoms with Crippen LogP contribution in [0.2, 0.25) is 5.02 Å². The first kappa shape index (κ1) is 17.0. The summed E-state index contributed by atoms with van der Waals surface area (Å²) in [5, 5.41) is 3.96. The van der Waals surface area contributed by atoms with Gasteiger partial charge in [0.25, 0.3) is 5.91 Å². The van der Waals surface area contributed by atoms with Gasteiger partial charge >= 0.3 is 0 Å². The lowest BCUT2D eigenvalue weighted by Crippen LogP contribution is -3.12. The van der Waals surface area contributed by atoms with E-state index >= 15 is 0 Å². The fraction of sp³-hybridized carbons (Fsp3) is 0.350. The minimum Gasteiger partial charge on any atom is -0.349 e. The van der Waals surface area contributed by atoms with Crippen molar-refractivity contribution >= 4 is 17.5 Å². The molecule has 1 aliphatic heterocycles. The molecule has 2 aromatic rings. The fourth-order valence-electron chi connectivity index (χ4n) is 3.21. The predicted octanol–water partition coefficient (Wildman–Crippen LogP) is 2.63. The Balaban J connectivity index is 1.47. The molecule has 0 bridgehead atoms. The van der Waals surface area contributed by atoms with E-state index in [1.54, 1.807) is 4.90 Å². The molecule has 3 nitrogen and oxygen atoms in total. The van der Waals surface area contributed by atoms with E-state index in [9.17, 15) is 4.79 Å². The van der Waals surface area contributed by atoms with Crippen molar-refractivity contribution in [2.24, 2.45) is 0 Å². The molecular formula is C20H24ClN2O+. The lowest BCUT2D eigenvalue weighted by molar-refractivity contribution is -0.918. The molecule has 1 amide bonds. The molecule has 0 unspecified atom stereocenters. The van der Waals surface area contributed by atoms with Gasteiger partial charge in [-0.2, -0.15) is 0 Å². The van der Waals surface area contributed by atoms with Crippen molar-refractivity contribution in [1.29, 1.82) is 0 Å². The van der Waals surface area contributed by atoms with Gasteiger partial charge in [-0.1, -0.05) is 41.4 Å². The highest BCUT2D eigenvalue weighted by atomic mass is 35.5. The Hall–Kier alpha value is -1.84. The van der Waals surface area contributed by atoms with Crippen LogP contribution in [-0.4, -0.2) is 25.0 Å². The number of quaternary nitrogens is 1. The monoisotopic (exact) mass is 343 g/mol. The van der Waals surface area contributed by atoms with Crippen LogP contribution in [0.25, 0.3) is 0 Å². The van der Waals surface area contributed by atoms with Crippen LogP contribution in [-0.2, 0) is 6.54 Å². The summed E-state index contributed by atoms with van der Waals surface area (Å²) in [6.45, 7) is 5.22. The third-order valence-electron chi connectivity index (χ3n) is 4.71. The zero-order valence-electron chi connectivity index (χ0n) is 14.0. The lowest BCUT2D eigenvalue weighted by Gasteiger charge is -2.29. The van der Waals surface area contributed by atoms with Crippen molar-refractivity contribution < 1.29 is 9.69 Å². The molecule has 0 radical (unpaired) electrons. The van der Waals surface area contributed by atoms with Crippen LogP contribution < -0.4 is 10.2 Å². The summed E-state index contributed by atoms with van der Waals surface area (Å²) in [5.74, 6) is 0.0427. The van der Waals surface area contributed by atoms with E-state index in [1.807, 2.05) is 43.3 Å². The molecule has 1 aliphatic rings. The first-order valence-electron chi connectivity index (χ1n) is 8.56. The zero-order valence-corrected chi connectivity index (χ0v) is 14.8. The van der Waals surface area contributed by atoms with Crippen molar-refractivity contribution in [2.75, 3.05) is 13.1 Å². The predicted molar refractivity (Wildman–Crippen MR) is 97.5 cm³/mol. The first-order chi connectivity index (χ1) is 11.6. The number of hydrogen-bond acceptors (Lipinski definition) is 1. The van der Waals surface area contributed by atoms with Crippen LogP contribution >= 0.6 is 11.6 Å².